The molecule has 0 spiro atoms. The summed E-state index contributed by atoms with van der Waals surface area (Å²) in [6, 6.07) is 0. The second kappa shape index (κ2) is 9.44. The van der Waals surface area contributed by atoms with E-state index in [-0.39, 0.29) is 5.92 Å². The minimum absolute atomic E-state index is 0.159. The zero-order chi connectivity index (χ0) is 12.4. The maximum Gasteiger partial charge on any atom is 0.306 e. The minimum atomic E-state index is -0.618. The summed E-state index contributed by atoms with van der Waals surface area (Å²) in [5.41, 5.74) is 0. The molecule has 94 valence electrons. The van der Waals surface area contributed by atoms with E-state index in [4.69, 9.17) is 0 Å². The van der Waals surface area contributed by atoms with Gasteiger partial charge in [0.1, 0.15) is 0 Å². The average Bonchev–Trinajstić information content (AvgIpc) is 2.27. The highest BCUT2D eigenvalue weighted by molar-refractivity contribution is 5.70. The van der Waals surface area contributed by atoms with E-state index in [1.807, 2.05) is 13.0 Å². The molecule has 2 atom stereocenters. The summed E-state index contributed by atoms with van der Waals surface area (Å²) >= 11 is 0. The molecule has 0 aromatic rings. The molecule has 0 fully saturated rings. The summed E-state index contributed by atoms with van der Waals surface area (Å²) in [6.45, 7) is 6.23. The van der Waals surface area contributed by atoms with Crippen molar-refractivity contribution in [1.29, 1.82) is 0 Å². The molecule has 0 aliphatic heterocycles. The van der Waals surface area contributed by atoms with Gasteiger partial charge in [-0.05, 0) is 32.1 Å². The highest BCUT2D eigenvalue weighted by atomic mass is 16.4. The van der Waals surface area contributed by atoms with Crippen molar-refractivity contribution in [2.45, 2.75) is 59.3 Å². The van der Waals surface area contributed by atoms with Gasteiger partial charge in [0.25, 0.3) is 0 Å². The minimum Gasteiger partial charge on any atom is -0.481 e. The largest absolute Gasteiger partial charge is 0.481 e. The second-order valence-corrected chi connectivity index (χ2v) is 4.40. The van der Waals surface area contributed by atoms with Gasteiger partial charge in [-0.1, -0.05) is 45.3 Å². The first kappa shape index (κ1) is 15.2. The van der Waals surface area contributed by atoms with Crippen LogP contribution in [0.25, 0.3) is 0 Å². The van der Waals surface area contributed by atoms with Crippen LogP contribution in [0.5, 0.6) is 0 Å². The van der Waals surface area contributed by atoms with E-state index in [1.54, 1.807) is 0 Å². The van der Waals surface area contributed by atoms with E-state index in [1.165, 1.54) is 0 Å². The third-order valence-corrected chi connectivity index (χ3v) is 3.22. The molecule has 0 rings (SSSR count). The monoisotopic (exact) mass is 226 g/mol. The standard InChI is InChI=1S/C14H26O2/c1-4-7-9-11-13(14(15)16)12(6-3)10-8-5-2/h4,7,12-13H,5-6,8-11H2,1-3H3,(H,15,16)/b7-4+. The van der Waals surface area contributed by atoms with Gasteiger partial charge >= 0.3 is 5.97 Å². The van der Waals surface area contributed by atoms with Crippen molar-refractivity contribution < 1.29 is 9.90 Å². The van der Waals surface area contributed by atoms with Crippen LogP contribution in [0, 0.1) is 11.8 Å². The lowest BCUT2D eigenvalue weighted by Gasteiger charge is -2.22. The lowest BCUT2D eigenvalue weighted by atomic mass is 9.83. The van der Waals surface area contributed by atoms with E-state index in [2.05, 4.69) is 19.9 Å². The first-order valence-electron chi connectivity index (χ1n) is 6.51. The zero-order valence-electron chi connectivity index (χ0n) is 10.9. The van der Waals surface area contributed by atoms with E-state index in [0.717, 1.165) is 38.5 Å². The molecule has 0 aliphatic rings. The van der Waals surface area contributed by atoms with Crippen molar-refractivity contribution in [2.24, 2.45) is 11.8 Å². The number of allylic oxidation sites excluding steroid dienone is 2. The molecule has 0 aromatic heterocycles. The third-order valence-electron chi connectivity index (χ3n) is 3.22. The molecular formula is C14H26O2. The summed E-state index contributed by atoms with van der Waals surface area (Å²) in [7, 11) is 0. The number of unbranched alkanes of at least 4 members (excludes halogenated alkanes) is 1. The van der Waals surface area contributed by atoms with Crippen LogP contribution in [0.2, 0.25) is 0 Å². The molecule has 2 unspecified atom stereocenters. The lowest BCUT2D eigenvalue weighted by Crippen LogP contribution is -2.23. The van der Waals surface area contributed by atoms with Crippen LogP contribution in [0.4, 0.5) is 0 Å². The molecule has 1 N–H and O–H groups in total. The predicted molar refractivity (Wildman–Crippen MR) is 68.5 cm³/mol. The Morgan fingerprint density at radius 3 is 2.44 bits per heavy atom. The number of hydrogen-bond acceptors (Lipinski definition) is 1. The molecule has 0 aromatic carbocycles. The maximum absolute atomic E-state index is 11.2. The molecule has 2 heteroatoms. The molecule has 0 radical (unpaired) electrons. The van der Waals surface area contributed by atoms with Gasteiger partial charge in [-0.15, -0.1) is 0 Å². The SMILES string of the molecule is C/C=C/CCC(C(=O)O)C(CC)CCCC. The van der Waals surface area contributed by atoms with Crippen LogP contribution >= 0.6 is 0 Å². The van der Waals surface area contributed by atoms with Crippen LogP contribution in [-0.4, -0.2) is 11.1 Å². The highest BCUT2D eigenvalue weighted by Crippen LogP contribution is 2.26. The normalized spacial score (nSPS) is 15.2. The Bertz CT molecular complexity index is 209. The molecule has 0 heterocycles. The summed E-state index contributed by atoms with van der Waals surface area (Å²) < 4.78 is 0. The number of hydrogen-bond donors (Lipinski definition) is 1. The first-order chi connectivity index (χ1) is 7.67. The van der Waals surface area contributed by atoms with Gasteiger partial charge in [0.05, 0.1) is 5.92 Å². The van der Waals surface area contributed by atoms with Gasteiger partial charge < -0.3 is 5.11 Å². The van der Waals surface area contributed by atoms with E-state index in [9.17, 15) is 9.90 Å². The predicted octanol–water partition coefficient (Wildman–Crippen LogP) is 4.26. The fourth-order valence-corrected chi connectivity index (χ4v) is 2.16. The Hall–Kier alpha value is -0.790. The van der Waals surface area contributed by atoms with Crippen LogP contribution in [0.15, 0.2) is 12.2 Å². The fourth-order valence-electron chi connectivity index (χ4n) is 2.16. The van der Waals surface area contributed by atoms with Gasteiger partial charge in [0.15, 0.2) is 0 Å². The smallest absolute Gasteiger partial charge is 0.306 e. The van der Waals surface area contributed by atoms with Crippen LogP contribution in [0.3, 0.4) is 0 Å². The number of carboxylic acid groups (broad SMARTS) is 1. The Morgan fingerprint density at radius 2 is 2.00 bits per heavy atom. The van der Waals surface area contributed by atoms with Crippen molar-refractivity contribution in [3.05, 3.63) is 12.2 Å². The molecule has 0 amide bonds. The van der Waals surface area contributed by atoms with Crippen LogP contribution in [-0.2, 0) is 4.79 Å². The first-order valence-corrected chi connectivity index (χ1v) is 6.51. The molecule has 2 nitrogen and oxygen atoms in total. The van der Waals surface area contributed by atoms with Gasteiger partial charge in [-0.3, -0.25) is 4.79 Å². The maximum atomic E-state index is 11.2. The van der Waals surface area contributed by atoms with Crippen molar-refractivity contribution in [1.82, 2.24) is 0 Å². The lowest BCUT2D eigenvalue weighted by molar-refractivity contribution is -0.144. The second-order valence-electron chi connectivity index (χ2n) is 4.40. The number of rotatable bonds is 9. The quantitative estimate of drug-likeness (QED) is 0.596. The molecule has 16 heavy (non-hydrogen) atoms. The Balaban J connectivity index is 4.28. The molecule has 0 saturated carbocycles. The van der Waals surface area contributed by atoms with E-state index in [0.29, 0.717) is 5.92 Å². The summed E-state index contributed by atoms with van der Waals surface area (Å²) in [6.07, 6.45) is 10.0. The average molecular weight is 226 g/mol. The third kappa shape index (κ3) is 5.94. The summed E-state index contributed by atoms with van der Waals surface area (Å²) in [5.74, 6) is -0.428. The molecule has 0 saturated heterocycles. The van der Waals surface area contributed by atoms with Crippen LogP contribution in [0.1, 0.15) is 59.3 Å². The van der Waals surface area contributed by atoms with E-state index < -0.39 is 5.97 Å². The van der Waals surface area contributed by atoms with Gasteiger partial charge in [-0.2, -0.15) is 0 Å². The van der Waals surface area contributed by atoms with Crippen LogP contribution < -0.4 is 0 Å². The zero-order valence-corrected chi connectivity index (χ0v) is 10.9. The Labute approximate surface area is 99.7 Å². The molecule has 0 aliphatic carbocycles. The van der Waals surface area contributed by atoms with Crippen molar-refractivity contribution >= 4 is 5.97 Å². The highest BCUT2D eigenvalue weighted by Gasteiger charge is 2.25. The fraction of sp³-hybridized carbons (Fsp3) is 0.786. The van der Waals surface area contributed by atoms with Crippen molar-refractivity contribution in [3.8, 4) is 0 Å². The Morgan fingerprint density at radius 1 is 1.31 bits per heavy atom. The Kier molecular flexibility index (Phi) is 8.97. The van der Waals surface area contributed by atoms with Gasteiger partial charge in [-0.25, -0.2) is 0 Å². The summed E-state index contributed by atoms with van der Waals surface area (Å²) in [4.78, 5) is 11.2. The number of carbonyl (C=O) groups is 1. The van der Waals surface area contributed by atoms with E-state index >= 15 is 0 Å². The topological polar surface area (TPSA) is 37.3 Å². The van der Waals surface area contributed by atoms with Crippen molar-refractivity contribution in [3.63, 3.8) is 0 Å². The summed E-state index contributed by atoms with van der Waals surface area (Å²) in [5, 5.41) is 9.25. The number of aliphatic carboxylic acids is 1. The van der Waals surface area contributed by atoms with Crippen molar-refractivity contribution in [2.75, 3.05) is 0 Å². The molecule has 0 bridgehead atoms. The van der Waals surface area contributed by atoms with Gasteiger partial charge in [0.2, 0.25) is 0 Å². The number of carboxylic acids is 1. The molecular weight excluding hydrogens is 200 g/mol. The van der Waals surface area contributed by atoms with Gasteiger partial charge in [0, 0.05) is 0 Å².